The van der Waals surface area contributed by atoms with Crippen molar-refractivity contribution < 1.29 is 44.3 Å². The third-order valence-corrected chi connectivity index (χ3v) is 7.18. The largest absolute Gasteiger partial charge is 0.573 e. The van der Waals surface area contributed by atoms with Gasteiger partial charge in [-0.25, -0.2) is 26.3 Å². The molecular formula is C30H25F9O. The smallest absolute Gasteiger partial charge is 0.403 e. The predicted octanol–water partition coefficient (Wildman–Crippen LogP) is 10.6. The van der Waals surface area contributed by atoms with Crippen LogP contribution in [-0.4, -0.2) is 6.36 Å². The Morgan fingerprint density at radius 1 is 0.775 bits per heavy atom. The number of halogens is 9. The van der Waals surface area contributed by atoms with Crippen LogP contribution in [0.25, 0.3) is 22.8 Å². The zero-order valence-electron chi connectivity index (χ0n) is 21.3. The minimum absolute atomic E-state index is 0.139. The number of benzene rings is 3. The van der Waals surface area contributed by atoms with Crippen LogP contribution in [0.15, 0.2) is 48.5 Å². The molecule has 1 nitrogen and oxygen atoms in total. The monoisotopic (exact) mass is 572 g/mol. The van der Waals surface area contributed by atoms with E-state index in [0.717, 1.165) is 44.1 Å². The zero-order chi connectivity index (χ0) is 29.2. The molecule has 214 valence electrons. The number of hydrogen-bond donors (Lipinski definition) is 0. The third kappa shape index (κ3) is 6.64. The SMILES string of the molecule is CCCC1CCC(c2ccc(-c3cc(F)c(/C(F)=C(\F)c4ccc(OC(F)(F)F)c(F)c4)c(F)c3)c(F)c2)CC1. The second-order valence-electron chi connectivity index (χ2n) is 9.88. The Morgan fingerprint density at radius 3 is 1.98 bits per heavy atom. The van der Waals surface area contributed by atoms with Crippen LogP contribution in [0.4, 0.5) is 39.5 Å². The standard InChI is InChI=1S/C30H25F9O/c1-2-3-16-4-6-17(7-5-16)18-8-10-21(22(31)12-18)20-14-24(33)27(25(34)15-20)29(36)28(35)19-9-11-26(23(32)13-19)40-30(37,38)39/h8-17H,2-7H2,1H3/b29-28+. The Bertz CT molecular complexity index is 1380. The molecule has 1 fully saturated rings. The van der Waals surface area contributed by atoms with Gasteiger partial charge in [0.15, 0.2) is 23.2 Å². The first-order valence-electron chi connectivity index (χ1n) is 12.8. The number of rotatable bonds is 7. The van der Waals surface area contributed by atoms with Crippen LogP contribution >= 0.6 is 0 Å². The van der Waals surface area contributed by atoms with Crippen molar-refractivity contribution in [3.05, 3.63) is 88.5 Å². The van der Waals surface area contributed by atoms with Gasteiger partial charge in [0.05, 0.1) is 5.56 Å². The Hall–Kier alpha value is -3.43. The first-order valence-corrected chi connectivity index (χ1v) is 12.8. The van der Waals surface area contributed by atoms with E-state index in [1.165, 1.54) is 12.1 Å². The van der Waals surface area contributed by atoms with Gasteiger partial charge in [-0.15, -0.1) is 13.2 Å². The van der Waals surface area contributed by atoms with Crippen molar-refractivity contribution >= 4 is 11.7 Å². The molecule has 4 rings (SSSR count). The topological polar surface area (TPSA) is 9.23 Å². The molecule has 0 aromatic heterocycles. The average Bonchev–Trinajstić information content (AvgIpc) is 2.88. The van der Waals surface area contributed by atoms with Crippen LogP contribution in [0.2, 0.25) is 0 Å². The summed E-state index contributed by atoms with van der Waals surface area (Å²) in [6.07, 6.45) is 0.974. The predicted molar refractivity (Wildman–Crippen MR) is 133 cm³/mol. The van der Waals surface area contributed by atoms with Crippen LogP contribution in [0.3, 0.4) is 0 Å². The lowest BCUT2D eigenvalue weighted by atomic mass is 9.77. The second-order valence-corrected chi connectivity index (χ2v) is 9.88. The van der Waals surface area contributed by atoms with Gasteiger partial charge < -0.3 is 4.74 Å². The molecule has 0 amide bonds. The molecule has 0 saturated heterocycles. The van der Waals surface area contributed by atoms with Gasteiger partial charge >= 0.3 is 6.36 Å². The van der Waals surface area contributed by atoms with E-state index in [1.807, 2.05) is 0 Å². The highest BCUT2D eigenvalue weighted by Gasteiger charge is 2.32. The van der Waals surface area contributed by atoms with E-state index >= 15 is 4.39 Å². The quantitative estimate of drug-likeness (QED) is 0.202. The molecule has 0 N–H and O–H groups in total. The molecule has 0 spiro atoms. The van der Waals surface area contributed by atoms with E-state index in [4.69, 9.17) is 0 Å². The summed E-state index contributed by atoms with van der Waals surface area (Å²) >= 11 is 0. The maximum Gasteiger partial charge on any atom is 0.573 e. The van der Waals surface area contributed by atoms with Crippen LogP contribution in [0.5, 0.6) is 5.75 Å². The highest BCUT2D eigenvalue weighted by molar-refractivity contribution is 5.84. The van der Waals surface area contributed by atoms with E-state index in [9.17, 15) is 35.1 Å². The van der Waals surface area contributed by atoms with Gasteiger partial charge in [0, 0.05) is 11.1 Å². The van der Waals surface area contributed by atoms with Gasteiger partial charge in [-0.3, -0.25) is 0 Å². The highest BCUT2D eigenvalue weighted by Crippen LogP contribution is 2.40. The van der Waals surface area contributed by atoms with E-state index in [2.05, 4.69) is 11.7 Å². The maximum absolute atomic E-state index is 15.0. The second kappa shape index (κ2) is 12.0. The average molecular weight is 573 g/mol. The summed E-state index contributed by atoms with van der Waals surface area (Å²) in [5, 5.41) is 0. The molecule has 1 saturated carbocycles. The van der Waals surface area contributed by atoms with Crippen molar-refractivity contribution in [2.45, 2.75) is 57.7 Å². The summed E-state index contributed by atoms with van der Waals surface area (Å²) in [5.41, 5.74) is -1.96. The summed E-state index contributed by atoms with van der Waals surface area (Å²) in [6.45, 7) is 2.14. The van der Waals surface area contributed by atoms with Crippen molar-refractivity contribution in [1.29, 1.82) is 0 Å². The molecule has 10 heteroatoms. The van der Waals surface area contributed by atoms with Crippen LogP contribution in [0.1, 0.15) is 68.1 Å². The molecule has 3 aromatic carbocycles. The molecule has 1 aliphatic rings. The summed E-state index contributed by atoms with van der Waals surface area (Å²) in [5.74, 6) is -9.96. The first-order chi connectivity index (χ1) is 18.9. The summed E-state index contributed by atoms with van der Waals surface area (Å²) in [7, 11) is 0. The lowest BCUT2D eigenvalue weighted by Gasteiger charge is -2.28. The van der Waals surface area contributed by atoms with Gasteiger partial charge in [-0.05, 0) is 85.0 Å². The molecule has 0 heterocycles. The van der Waals surface area contributed by atoms with Crippen LogP contribution in [0, 0.1) is 29.2 Å². The third-order valence-electron chi connectivity index (χ3n) is 7.18. The van der Waals surface area contributed by atoms with E-state index in [-0.39, 0.29) is 23.1 Å². The first kappa shape index (κ1) is 29.6. The Labute approximate surface area is 225 Å². The molecule has 0 atom stereocenters. The van der Waals surface area contributed by atoms with Gasteiger partial charge in [0.1, 0.15) is 17.5 Å². The van der Waals surface area contributed by atoms with E-state index in [1.54, 1.807) is 6.07 Å². The van der Waals surface area contributed by atoms with Crippen molar-refractivity contribution in [1.82, 2.24) is 0 Å². The maximum atomic E-state index is 15.0. The van der Waals surface area contributed by atoms with Crippen LogP contribution < -0.4 is 4.74 Å². The molecule has 0 radical (unpaired) electrons. The fraction of sp³-hybridized carbons (Fsp3) is 0.333. The van der Waals surface area contributed by atoms with Gasteiger partial charge in [-0.1, -0.05) is 31.9 Å². The van der Waals surface area contributed by atoms with Crippen molar-refractivity contribution in [3.8, 4) is 16.9 Å². The minimum Gasteiger partial charge on any atom is -0.403 e. The summed E-state index contributed by atoms with van der Waals surface area (Å²) in [6, 6.07) is 6.81. The number of alkyl halides is 3. The summed E-state index contributed by atoms with van der Waals surface area (Å²) < 4.78 is 128. The number of hydrogen-bond acceptors (Lipinski definition) is 1. The lowest BCUT2D eigenvalue weighted by Crippen LogP contribution is -2.17. The van der Waals surface area contributed by atoms with Crippen molar-refractivity contribution in [2.75, 3.05) is 0 Å². The minimum atomic E-state index is -5.23. The van der Waals surface area contributed by atoms with Crippen LogP contribution in [-0.2, 0) is 0 Å². The fourth-order valence-corrected chi connectivity index (χ4v) is 5.23. The van der Waals surface area contributed by atoms with Gasteiger partial charge in [0.2, 0.25) is 0 Å². The molecular weight excluding hydrogens is 547 g/mol. The molecule has 0 unspecified atom stereocenters. The molecule has 3 aromatic rings. The van der Waals surface area contributed by atoms with Crippen molar-refractivity contribution in [3.63, 3.8) is 0 Å². The highest BCUT2D eigenvalue weighted by atomic mass is 19.4. The van der Waals surface area contributed by atoms with Crippen molar-refractivity contribution in [2.24, 2.45) is 5.92 Å². The lowest BCUT2D eigenvalue weighted by molar-refractivity contribution is -0.275. The molecule has 0 bridgehead atoms. The van der Waals surface area contributed by atoms with E-state index < -0.39 is 58.2 Å². The summed E-state index contributed by atoms with van der Waals surface area (Å²) in [4.78, 5) is 0. The molecule has 40 heavy (non-hydrogen) atoms. The van der Waals surface area contributed by atoms with Gasteiger partial charge in [-0.2, -0.15) is 0 Å². The Balaban J connectivity index is 1.59. The molecule has 1 aliphatic carbocycles. The number of ether oxygens (including phenoxy) is 1. The Morgan fingerprint density at radius 2 is 1.43 bits per heavy atom. The molecule has 0 aliphatic heterocycles. The van der Waals surface area contributed by atoms with E-state index in [0.29, 0.717) is 30.2 Å². The Kier molecular flexibility index (Phi) is 8.85. The van der Waals surface area contributed by atoms with Gasteiger partial charge in [0.25, 0.3) is 0 Å². The normalized spacial score (nSPS) is 18.4. The zero-order valence-corrected chi connectivity index (χ0v) is 21.3. The fourth-order valence-electron chi connectivity index (χ4n) is 5.23.